The van der Waals surface area contributed by atoms with Gasteiger partial charge in [0.15, 0.2) is 9.84 Å². The van der Waals surface area contributed by atoms with Crippen molar-refractivity contribution in [2.45, 2.75) is 31.4 Å². The highest BCUT2D eigenvalue weighted by atomic mass is 32.2. The third-order valence-corrected chi connectivity index (χ3v) is 4.85. The molecular formula is C10H19NO4S. The summed E-state index contributed by atoms with van der Waals surface area (Å²) in [6.07, 6.45) is 2.22. The molecule has 0 aromatic rings. The van der Waals surface area contributed by atoms with Crippen molar-refractivity contribution < 1.29 is 17.9 Å². The summed E-state index contributed by atoms with van der Waals surface area (Å²) in [4.78, 5) is 11.3. The lowest BCUT2D eigenvalue weighted by molar-refractivity contribution is -0.125. The van der Waals surface area contributed by atoms with Gasteiger partial charge in [0, 0.05) is 13.2 Å². The van der Waals surface area contributed by atoms with Gasteiger partial charge in [-0.05, 0) is 19.3 Å². The van der Waals surface area contributed by atoms with Crippen LogP contribution in [0.3, 0.4) is 0 Å². The fourth-order valence-corrected chi connectivity index (χ4v) is 3.44. The molecule has 0 radical (unpaired) electrons. The lowest BCUT2D eigenvalue weighted by Crippen LogP contribution is -2.36. The van der Waals surface area contributed by atoms with Crippen LogP contribution in [-0.4, -0.2) is 45.1 Å². The van der Waals surface area contributed by atoms with Gasteiger partial charge in [0.2, 0.25) is 5.91 Å². The lowest BCUT2D eigenvalue weighted by atomic mass is 10.2. The van der Waals surface area contributed by atoms with E-state index < -0.39 is 15.1 Å². The molecule has 0 aliphatic carbocycles. The Kier molecular flexibility index (Phi) is 5.21. The third-order valence-electron chi connectivity index (χ3n) is 2.57. The molecule has 1 atom stereocenters. The van der Waals surface area contributed by atoms with Crippen LogP contribution < -0.4 is 5.32 Å². The second kappa shape index (κ2) is 6.20. The van der Waals surface area contributed by atoms with Crippen molar-refractivity contribution in [2.75, 3.05) is 25.5 Å². The van der Waals surface area contributed by atoms with Crippen molar-refractivity contribution >= 4 is 15.7 Å². The quantitative estimate of drug-likeness (QED) is 0.678. The monoisotopic (exact) mass is 249 g/mol. The van der Waals surface area contributed by atoms with Gasteiger partial charge in [-0.2, -0.15) is 0 Å². The van der Waals surface area contributed by atoms with Gasteiger partial charge in [-0.15, -0.1) is 0 Å². The summed E-state index contributed by atoms with van der Waals surface area (Å²) >= 11 is 0. The van der Waals surface area contributed by atoms with E-state index >= 15 is 0 Å². The number of rotatable bonds is 6. The van der Waals surface area contributed by atoms with Gasteiger partial charge in [0.25, 0.3) is 0 Å². The maximum atomic E-state index is 11.5. The van der Waals surface area contributed by atoms with Crippen LogP contribution in [0.15, 0.2) is 0 Å². The average Bonchev–Trinajstić information content (AvgIpc) is 2.55. The van der Waals surface area contributed by atoms with E-state index in [2.05, 4.69) is 5.32 Å². The Morgan fingerprint density at radius 2 is 2.25 bits per heavy atom. The summed E-state index contributed by atoms with van der Waals surface area (Å²) in [5.41, 5.74) is 0. The molecule has 6 heteroatoms. The van der Waals surface area contributed by atoms with Gasteiger partial charge in [-0.3, -0.25) is 4.79 Å². The Labute approximate surface area is 96.5 Å². The predicted molar refractivity (Wildman–Crippen MR) is 60.9 cm³/mol. The molecule has 0 bridgehead atoms. The summed E-state index contributed by atoms with van der Waals surface area (Å²) in [7, 11) is -2.96. The molecule has 0 spiro atoms. The second-order valence-corrected chi connectivity index (χ2v) is 6.39. The average molecular weight is 249 g/mol. The van der Waals surface area contributed by atoms with Gasteiger partial charge in [0.05, 0.1) is 11.0 Å². The smallest absolute Gasteiger partial charge is 0.246 e. The number of nitrogens with one attached hydrogen (secondary N) is 1. The molecule has 16 heavy (non-hydrogen) atoms. The van der Waals surface area contributed by atoms with Crippen LogP contribution in [0.2, 0.25) is 0 Å². The minimum absolute atomic E-state index is 0.0145. The van der Waals surface area contributed by atoms with Crippen molar-refractivity contribution in [3.63, 3.8) is 0 Å². The molecule has 1 unspecified atom stereocenters. The number of hydrogen-bond donors (Lipinski definition) is 1. The van der Waals surface area contributed by atoms with E-state index in [1.807, 2.05) is 6.92 Å². The summed E-state index contributed by atoms with van der Waals surface area (Å²) in [5, 5.41) is 2.20. The first-order chi connectivity index (χ1) is 7.56. The molecule has 1 rings (SSSR count). The van der Waals surface area contributed by atoms with Crippen molar-refractivity contribution in [3.8, 4) is 0 Å². The van der Waals surface area contributed by atoms with Gasteiger partial charge < -0.3 is 10.1 Å². The van der Waals surface area contributed by atoms with Crippen molar-refractivity contribution in [1.82, 2.24) is 5.32 Å². The van der Waals surface area contributed by atoms with Gasteiger partial charge in [-0.25, -0.2) is 8.42 Å². The first-order valence-corrected chi connectivity index (χ1v) is 7.34. The molecule has 0 aromatic heterocycles. The number of ether oxygens (including phenoxy) is 1. The zero-order valence-corrected chi connectivity index (χ0v) is 10.4. The highest BCUT2D eigenvalue weighted by molar-refractivity contribution is 7.92. The molecule has 1 saturated heterocycles. The molecular weight excluding hydrogens is 230 g/mol. The summed E-state index contributed by atoms with van der Waals surface area (Å²) in [6, 6.07) is 0. The molecule has 1 fully saturated rings. The molecule has 1 aliphatic heterocycles. The van der Waals surface area contributed by atoms with Crippen LogP contribution >= 0.6 is 0 Å². The Balaban J connectivity index is 2.21. The van der Waals surface area contributed by atoms with E-state index in [4.69, 9.17) is 4.74 Å². The molecule has 1 heterocycles. The van der Waals surface area contributed by atoms with Crippen LogP contribution in [0.1, 0.15) is 26.2 Å². The minimum atomic E-state index is -2.96. The van der Waals surface area contributed by atoms with E-state index in [1.165, 1.54) is 0 Å². The fraction of sp³-hybridized carbons (Fsp3) is 0.900. The lowest BCUT2D eigenvalue weighted by Gasteiger charge is -2.10. The first-order valence-electron chi connectivity index (χ1n) is 5.62. The van der Waals surface area contributed by atoms with Gasteiger partial charge in [-0.1, -0.05) is 6.92 Å². The summed E-state index contributed by atoms with van der Waals surface area (Å²) < 4.78 is 28.0. The molecule has 5 nitrogen and oxygen atoms in total. The maximum Gasteiger partial charge on any atom is 0.246 e. The van der Waals surface area contributed by atoms with Crippen molar-refractivity contribution in [1.29, 1.82) is 0 Å². The van der Waals surface area contributed by atoms with Gasteiger partial charge >= 0.3 is 0 Å². The molecule has 1 amide bonds. The van der Waals surface area contributed by atoms with Crippen LogP contribution in [0.25, 0.3) is 0 Å². The Bertz CT molecular complexity index is 326. The summed E-state index contributed by atoms with van der Waals surface area (Å²) in [5.74, 6) is 0.00964. The van der Waals surface area contributed by atoms with Crippen molar-refractivity contribution in [2.24, 2.45) is 0 Å². The molecule has 0 aromatic carbocycles. The van der Waals surface area contributed by atoms with E-state index in [1.54, 1.807) is 0 Å². The Morgan fingerprint density at radius 1 is 1.50 bits per heavy atom. The summed E-state index contributed by atoms with van der Waals surface area (Å²) in [6.45, 7) is 2.75. The van der Waals surface area contributed by atoms with Crippen molar-refractivity contribution in [3.05, 3.63) is 0 Å². The maximum absolute atomic E-state index is 11.5. The van der Waals surface area contributed by atoms with Crippen LogP contribution in [0, 0.1) is 0 Å². The number of hydrogen-bond acceptors (Lipinski definition) is 4. The second-order valence-electron chi connectivity index (χ2n) is 3.99. The standard InChI is InChI=1S/C10H19NO4S/c1-2-5-15-8-10(12)11-7-9-4-3-6-16(9,13)14/h9H,2-8H2,1H3,(H,11,12). The largest absolute Gasteiger partial charge is 0.372 e. The topological polar surface area (TPSA) is 72.5 Å². The highest BCUT2D eigenvalue weighted by Gasteiger charge is 2.31. The predicted octanol–water partition coefficient (Wildman–Crippen LogP) is 0.106. The van der Waals surface area contributed by atoms with E-state index in [-0.39, 0.29) is 24.8 Å². The normalized spacial score (nSPS) is 23.2. The molecule has 1 aliphatic rings. The number of carbonyl (C=O) groups is 1. The number of sulfone groups is 1. The van der Waals surface area contributed by atoms with Crippen LogP contribution in [0.5, 0.6) is 0 Å². The number of amides is 1. The molecule has 1 N–H and O–H groups in total. The molecule has 0 saturated carbocycles. The first kappa shape index (κ1) is 13.4. The van der Waals surface area contributed by atoms with E-state index in [0.717, 1.165) is 6.42 Å². The Hall–Kier alpha value is -0.620. The SMILES string of the molecule is CCCOCC(=O)NCC1CCCS1(=O)=O. The third kappa shape index (κ3) is 4.09. The minimum Gasteiger partial charge on any atom is -0.372 e. The zero-order valence-electron chi connectivity index (χ0n) is 9.57. The van der Waals surface area contributed by atoms with Crippen LogP contribution in [0.4, 0.5) is 0 Å². The van der Waals surface area contributed by atoms with Crippen LogP contribution in [-0.2, 0) is 19.4 Å². The highest BCUT2D eigenvalue weighted by Crippen LogP contribution is 2.18. The fourth-order valence-electron chi connectivity index (χ4n) is 1.68. The zero-order chi connectivity index (χ0) is 12.0. The molecule has 94 valence electrons. The Morgan fingerprint density at radius 3 is 2.81 bits per heavy atom. The van der Waals surface area contributed by atoms with E-state index in [0.29, 0.717) is 19.4 Å². The van der Waals surface area contributed by atoms with E-state index in [9.17, 15) is 13.2 Å². The van der Waals surface area contributed by atoms with Gasteiger partial charge in [0.1, 0.15) is 6.61 Å². The number of carbonyl (C=O) groups excluding carboxylic acids is 1.